The SMILES string of the molecule is Cc1cc(C(=O)NCCCCCCN)cc(C)c1C(=O)OCC(=O)[C@H](CCCCNC(=O)OC(C)(C)C)NC(=O)[C@H](Cc1ccccc1)NC(=O)OCc1ccccc1. The van der Waals surface area contributed by atoms with Gasteiger partial charge in [0.05, 0.1) is 11.6 Å². The van der Waals surface area contributed by atoms with Crippen molar-refractivity contribution in [1.29, 1.82) is 0 Å². The number of unbranched alkanes of at least 4 members (excludes halogenated alkanes) is 4. The number of esters is 1. The number of hydrogen-bond acceptors (Lipinski definition) is 10. The summed E-state index contributed by atoms with van der Waals surface area (Å²) in [5.74, 6) is -2.22. The molecule has 0 radical (unpaired) electrons. The number of nitrogens with one attached hydrogen (secondary N) is 4. The first kappa shape index (κ1) is 47.6. The van der Waals surface area contributed by atoms with Crippen LogP contribution in [-0.4, -0.2) is 79.7 Å². The van der Waals surface area contributed by atoms with Crippen molar-refractivity contribution in [2.45, 2.75) is 110 Å². The maximum absolute atomic E-state index is 13.9. The zero-order valence-corrected chi connectivity index (χ0v) is 35.0. The van der Waals surface area contributed by atoms with E-state index in [1.807, 2.05) is 48.5 Å². The fourth-order valence-electron chi connectivity index (χ4n) is 6.18. The lowest BCUT2D eigenvalue weighted by molar-refractivity contribution is -0.130. The van der Waals surface area contributed by atoms with E-state index in [-0.39, 0.29) is 37.5 Å². The Hall–Kier alpha value is -5.76. The first-order chi connectivity index (χ1) is 28.2. The summed E-state index contributed by atoms with van der Waals surface area (Å²) in [4.78, 5) is 78.9. The van der Waals surface area contributed by atoms with Gasteiger partial charge in [0.2, 0.25) is 5.91 Å². The highest BCUT2D eigenvalue weighted by molar-refractivity contribution is 5.99. The summed E-state index contributed by atoms with van der Waals surface area (Å²) >= 11 is 0. The number of alkyl carbamates (subject to hydrolysis) is 2. The minimum absolute atomic E-state index is 0.0129. The molecule has 14 heteroatoms. The van der Waals surface area contributed by atoms with E-state index in [2.05, 4.69) is 21.3 Å². The number of carbonyl (C=O) groups excluding carboxylic acids is 6. The van der Waals surface area contributed by atoms with Gasteiger partial charge >= 0.3 is 18.2 Å². The Morgan fingerprint density at radius 1 is 0.678 bits per heavy atom. The van der Waals surface area contributed by atoms with Gasteiger partial charge in [0.25, 0.3) is 5.91 Å². The van der Waals surface area contributed by atoms with E-state index in [4.69, 9.17) is 19.9 Å². The summed E-state index contributed by atoms with van der Waals surface area (Å²) < 4.78 is 16.2. The van der Waals surface area contributed by atoms with Gasteiger partial charge in [-0.3, -0.25) is 14.4 Å². The van der Waals surface area contributed by atoms with E-state index in [0.29, 0.717) is 42.6 Å². The summed E-state index contributed by atoms with van der Waals surface area (Å²) in [7, 11) is 0. The minimum atomic E-state index is -1.12. The molecule has 0 bridgehead atoms. The van der Waals surface area contributed by atoms with Gasteiger partial charge < -0.3 is 41.2 Å². The first-order valence-corrected chi connectivity index (χ1v) is 20.2. The van der Waals surface area contributed by atoms with E-state index in [9.17, 15) is 28.8 Å². The van der Waals surface area contributed by atoms with Crippen molar-refractivity contribution in [1.82, 2.24) is 21.3 Å². The Kier molecular flexibility index (Phi) is 20.1. The molecule has 6 N–H and O–H groups in total. The van der Waals surface area contributed by atoms with Crippen LogP contribution in [-0.2, 0) is 36.8 Å². The van der Waals surface area contributed by atoms with Crippen LogP contribution in [0.25, 0.3) is 0 Å². The standard InChI is InChI=1S/C45H61N5O9/c1-31-26-35(40(52)47-24-16-7-6-15-23-46)27-32(2)39(31)42(54)57-30-38(51)36(22-14-17-25-48-43(55)59-45(3,4)5)49-41(53)37(28-33-18-10-8-11-19-33)50-44(56)58-29-34-20-12-9-13-21-34/h8-13,18-21,26-27,36-37H,6-7,14-17,22-25,28-30,46H2,1-5H3,(H,47,52)(H,48,55)(H,49,53)(H,50,56)/t36-,37-/m0/s1. The van der Waals surface area contributed by atoms with Crippen LogP contribution in [0.2, 0.25) is 0 Å². The van der Waals surface area contributed by atoms with Gasteiger partial charge in [0.15, 0.2) is 12.4 Å². The number of amides is 4. The number of rotatable bonds is 23. The molecule has 0 heterocycles. The molecule has 0 saturated carbocycles. The maximum Gasteiger partial charge on any atom is 0.408 e. The molecule has 3 aromatic rings. The number of hydrogen-bond donors (Lipinski definition) is 5. The number of ketones is 1. The zero-order chi connectivity index (χ0) is 43.2. The summed E-state index contributed by atoms with van der Waals surface area (Å²) in [5, 5.41) is 11.0. The van der Waals surface area contributed by atoms with Crippen molar-refractivity contribution in [3.05, 3.63) is 106 Å². The van der Waals surface area contributed by atoms with Crippen LogP contribution >= 0.6 is 0 Å². The van der Waals surface area contributed by atoms with Crippen molar-refractivity contribution in [2.75, 3.05) is 26.2 Å². The van der Waals surface area contributed by atoms with Gasteiger partial charge in [-0.1, -0.05) is 73.5 Å². The van der Waals surface area contributed by atoms with Crippen LogP contribution in [0.4, 0.5) is 9.59 Å². The fraction of sp³-hybridized carbons (Fsp3) is 0.467. The number of Topliss-reactive ketones (excluding diaryl/α,β-unsaturated/α-hetero) is 1. The monoisotopic (exact) mass is 815 g/mol. The van der Waals surface area contributed by atoms with Gasteiger partial charge in [-0.05, 0) is 108 Å². The summed E-state index contributed by atoms with van der Waals surface area (Å²) in [6.45, 7) is 9.40. The van der Waals surface area contributed by atoms with Gasteiger partial charge in [-0.25, -0.2) is 14.4 Å². The van der Waals surface area contributed by atoms with Crippen LogP contribution in [0.15, 0.2) is 72.8 Å². The Balaban J connectivity index is 1.71. The number of ether oxygens (including phenoxy) is 3. The molecule has 0 aromatic heterocycles. The smallest absolute Gasteiger partial charge is 0.408 e. The van der Waals surface area contributed by atoms with E-state index in [1.54, 1.807) is 58.9 Å². The molecule has 2 atom stereocenters. The number of nitrogens with two attached hydrogens (primary N) is 1. The average molecular weight is 816 g/mol. The molecule has 320 valence electrons. The van der Waals surface area contributed by atoms with E-state index in [0.717, 1.165) is 36.8 Å². The molecule has 3 aromatic carbocycles. The third-order valence-corrected chi connectivity index (χ3v) is 9.16. The van der Waals surface area contributed by atoms with Crippen LogP contribution in [0.3, 0.4) is 0 Å². The van der Waals surface area contributed by atoms with Crippen molar-refractivity contribution in [3.8, 4) is 0 Å². The molecular formula is C45H61N5O9. The third-order valence-electron chi connectivity index (χ3n) is 9.16. The van der Waals surface area contributed by atoms with Crippen molar-refractivity contribution in [3.63, 3.8) is 0 Å². The molecular weight excluding hydrogens is 755 g/mol. The van der Waals surface area contributed by atoms with Gasteiger partial charge in [0.1, 0.15) is 18.2 Å². The summed E-state index contributed by atoms with van der Waals surface area (Å²) in [6, 6.07) is 19.1. The lowest BCUT2D eigenvalue weighted by Gasteiger charge is -2.23. The largest absolute Gasteiger partial charge is 0.454 e. The average Bonchev–Trinajstić information content (AvgIpc) is 3.19. The van der Waals surface area contributed by atoms with E-state index in [1.165, 1.54) is 0 Å². The van der Waals surface area contributed by atoms with Crippen LogP contribution in [0, 0.1) is 13.8 Å². The Morgan fingerprint density at radius 3 is 1.90 bits per heavy atom. The molecule has 4 amide bonds. The van der Waals surface area contributed by atoms with E-state index < -0.39 is 54.1 Å². The molecule has 0 aliphatic rings. The van der Waals surface area contributed by atoms with Gasteiger partial charge in [0, 0.05) is 25.1 Å². The van der Waals surface area contributed by atoms with Crippen LogP contribution in [0.1, 0.15) is 109 Å². The molecule has 0 unspecified atom stereocenters. The second-order valence-corrected chi connectivity index (χ2v) is 15.4. The molecule has 0 aliphatic heterocycles. The number of benzene rings is 3. The molecule has 14 nitrogen and oxygen atoms in total. The molecule has 0 spiro atoms. The maximum atomic E-state index is 13.9. The predicted octanol–water partition coefficient (Wildman–Crippen LogP) is 6.00. The van der Waals surface area contributed by atoms with E-state index >= 15 is 0 Å². The van der Waals surface area contributed by atoms with Gasteiger partial charge in [-0.2, -0.15) is 0 Å². The number of aryl methyl sites for hydroxylation is 2. The van der Waals surface area contributed by atoms with Crippen molar-refractivity contribution >= 4 is 35.8 Å². The molecule has 0 fully saturated rings. The molecule has 3 rings (SSSR count). The predicted molar refractivity (Wildman–Crippen MR) is 225 cm³/mol. The second kappa shape index (κ2) is 24.9. The lowest BCUT2D eigenvalue weighted by atomic mass is 9.99. The quantitative estimate of drug-likeness (QED) is 0.0429. The third kappa shape index (κ3) is 18.1. The zero-order valence-electron chi connectivity index (χ0n) is 35.0. The van der Waals surface area contributed by atoms with Crippen LogP contribution in [0.5, 0.6) is 0 Å². The molecule has 0 saturated heterocycles. The Labute approximate surface area is 347 Å². The second-order valence-electron chi connectivity index (χ2n) is 15.4. The summed E-state index contributed by atoms with van der Waals surface area (Å²) in [5.41, 5.74) is 8.04. The minimum Gasteiger partial charge on any atom is -0.454 e. The highest BCUT2D eigenvalue weighted by Crippen LogP contribution is 2.19. The summed E-state index contributed by atoms with van der Waals surface area (Å²) in [6.07, 6.45) is 3.43. The van der Waals surface area contributed by atoms with Crippen molar-refractivity contribution in [2.24, 2.45) is 5.73 Å². The highest BCUT2D eigenvalue weighted by Gasteiger charge is 2.29. The lowest BCUT2D eigenvalue weighted by Crippen LogP contribution is -2.53. The molecule has 0 aliphatic carbocycles. The molecule has 59 heavy (non-hydrogen) atoms. The van der Waals surface area contributed by atoms with Gasteiger partial charge in [-0.15, -0.1) is 0 Å². The first-order valence-electron chi connectivity index (χ1n) is 20.2. The number of carbonyl (C=O) groups is 6. The highest BCUT2D eigenvalue weighted by atomic mass is 16.6. The topological polar surface area (TPSA) is 204 Å². The fourth-order valence-corrected chi connectivity index (χ4v) is 6.18. The normalized spacial score (nSPS) is 12.0. The Morgan fingerprint density at radius 2 is 1.27 bits per heavy atom. The Bertz CT molecular complexity index is 1810. The van der Waals surface area contributed by atoms with Crippen LogP contribution < -0.4 is 27.0 Å². The van der Waals surface area contributed by atoms with Crippen molar-refractivity contribution < 1.29 is 43.0 Å².